The van der Waals surface area contributed by atoms with Crippen LogP contribution in [0.4, 0.5) is 0 Å². The van der Waals surface area contributed by atoms with Crippen LogP contribution in [0.3, 0.4) is 0 Å². The molecule has 0 bridgehead atoms. The summed E-state index contributed by atoms with van der Waals surface area (Å²) in [5.41, 5.74) is 0.351. The number of nitrogens with zero attached hydrogens (tertiary/aromatic N) is 1. The molecular weight excluding hydrogens is 210 g/mol. The maximum Gasteiger partial charge on any atom is 0.172 e. The molecule has 4 nitrogen and oxygen atoms in total. The number of hydrogen-bond acceptors (Lipinski definition) is 2. The van der Waals surface area contributed by atoms with E-state index in [1.807, 2.05) is 0 Å². The summed E-state index contributed by atoms with van der Waals surface area (Å²) in [4.78, 5) is 0. The smallest absolute Gasteiger partial charge is 0.172 e. The molecule has 0 saturated carbocycles. The highest BCUT2D eigenvalue weighted by molar-refractivity contribution is 7.89. The third-order valence-corrected chi connectivity index (χ3v) is 4.04. The van der Waals surface area contributed by atoms with Gasteiger partial charge >= 0.3 is 0 Å². The maximum absolute atomic E-state index is 11.9. The van der Waals surface area contributed by atoms with E-state index in [9.17, 15) is 4.21 Å². The molecule has 0 spiro atoms. The van der Waals surface area contributed by atoms with Gasteiger partial charge in [-0.1, -0.05) is 20.8 Å². The van der Waals surface area contributed by atoms with Crippen molar-refractivity contribution >= 4 is 10.1 Å². The second kappa shape index (κ2) is 5.27. The van der Waals surface area contributed by atoms with Crippen LogP contribution in [0.25, 0.3) is 0 Å². The van der Waals surface area contributed by atoms with E-state index in [1.54, 1.807) is 0 Å². The fourth-order valence-electron chi connectivity index (χ4n) is 1.45. The van der Waals surface area contributed by atoms with E-state index in [1.165, 1.54) is 0 Å². The SMILES string of the molecule is CC(C)(C)CCCNS1(=O)=NCCCN1. The second-order valence-electron chi connectivity index (χ2n) is 5.18. The van der Waals surface area contributed by atoms with Gasteiger partial charge in [0.2, 0.25) is 0 Å². The van der Waals surface area contributed by atoms with Crippen molar-refractivity contribution in [2.75, 3.05) is 19.6 Å². The Labute approximate surface area is 93.7 Å². The Hall–Kier alpha value is -0.130. The molecular formula is C10H23N3OS. The summed E-state index contributed by atoms with van der Waals surface area (Å²) in [5.74, 6) is 0. The van der Waals surface area contributed by atoms with E-state index in [0.29, 0.717) is 12.0 Å². The topological polar surface area (TPSA) is 53.5 Å². The Morgan fingerprint density at radius 3 is 2.73 bits per heavy atom. The summed E-state index contributed by atoms with van der Waals surface area (Å²) in [6, 6.07) is 0. The first kappa shape index (κ1) is 12.9. The minimum absolute atomic E-state index is 0.351. The van der Waals surface area contributed by atoms with Gasteiger partial charge in [0.15, 0.2) is 10.1 Å². The van der Waals surface area contributed by atoms with Crippen LogP contribution in [0, 0.1) is 5.41 Å². The molecule has 90 valence electrons. The molecule has 1 atom stereocenters. The van der Waals surface area contributed by atoms with Crippen LogP contribution < -0.4 is 9.44 Å². The lowest BCUT2D eigenvalue weighted by Gasteiger charge is -2.20. The fourth-order valence-corrected chi connectivity index (χ4v) is 2.97. The van der Waals surface area contributed by atoms with E-state index >= 15 is 0 Å². The molecule has 2 N–H and O–H groups in total. The van der Waals surface area contributed by atoms with Gasteiger partial charge in [0, 0.05) is 13.1 Å². The Morgan fingerprint density at radius 1 is 1.47 bits per heavy atom. The van der Waals surface area contributed by atoms with Crippen LogP contribution in [-0.4, -0.2) is 23.8 Å². The van der Waals surface area contributed by atoms with Crippen molar-refractivity contribution in [1.82, 2.24) is 9.44 Å². The summed E-state index contributed by atoms with van der Waals surface area (Å²) in [7, 11) is -2.28. The Bertz CT molecular complexity index is 300. The third-order valence-electron chi connectivity index (χ3n) is 2.31. The highest BCUT2D eigenvalue weighted by Gasteiger charge is 2.12. The summed E-state index contributed by atoms with van der Waals surface area (Å²) < 4.78 is 22.0. The summed E-state index contributed by atoms with van der Waals surface area (Å²) in [6.45, 7) is 8.93. The molecule has 1 unspecified atom stereocenters. The third kappa shape index (κ3) is 5.49. The molecule has 0 radical (unpaired) electrons. The van der Waals surface area contributed by atoms with E-state index in [0.717, 1.165) is 32.4 Å². The van der Waals surface area contributed by atoms with E-state index in [2.05, 4.69) is 34.6 Å². The summed E-state index contributed by atoms with van der Waals surface area (Å²) in [6.07, 6.45) is 3.16. The van der Waals surface area contributed by atoms with Crippen LogP contribution in [0.2, 0.25) is 0 Å². The predicted octanol–water partition coefficient (Wildman–Crippen LogP) is 1.69. The van der Waals surface area contributed by atoms with E-state index in [4.69, 9.17) is 0 Å². The predicted molar refractivity (Wildman–Crippen MR) is 64.7 cm³/mol. The number of nitrogens with one attached hydrogen (secondary N) is 2. The van der Waals surface area contributed by atoms with Gasteiger partial charge in [0.1, 0.15) is 0 Å². The minimum atomic E-state index is -2.28. The van der Waals surface area contributed by atoms with Crippen molar-refractivity contribution in [2.45, 2.75) is 40.0 Å². The summed E-state index contributed by atoms with van der Waals surface area (Å²) >= 11 is 0. The molecule has 15 heavy (non-hydrogen) atoms. The van der Waals surface area contributed by atoms with Gasteiger partial charge < -0.3 is 0 Å². The van der Waals surface area contributed by atoms with Gasteiger partial charge in [-0.15, -0.1) is 0 Å². The molecule has 0 aromatic rings. The minimum Gasteiger partial charge on any atom is -0.219 e. The van der Waals surface area contributed by atoms with Crippen LogP contribution in [0.1, 0.15) is 40.0 Å². The first-order valence-corrected chi connectivity index (χ1v) is 7.15. The molecule has 1 rings (SSSR count). The molecule has 1 aliphatic heterocycles. The maximum atomic E-state index is 11.9. The van der Waals surface area contributed by atoms with Crippen LogP contribution >= 0.6 is 0 Å². The quantitative estimate of drug-likeness (QED) is 0.713. The zero-order valence-corrected chi connectivity index (χ0v) is 10.8. The summed E-state index contributed by atoms with van der Waals surface area (Å²) in [5, 5.41) is 0. The largest absolute Gasteiger partial charge is 0.219 e. The van der Waals surface area contributed by atoms with Crippen LogP contribution in [0.15, 0.2) is 4.36 Å². The van der Waals surface area contributed by atoms with Gasteiger partial charge in [0.05, 0.1) is 6.54 Å². The molecule has 1 aliphatic rings. The van der Waals surface area contributed by atoms with Crippen LogP contribution in [0.5, 0.6) is 0 Å². The highest BCUT2D eigenvalue weighted by atomic mass is 32.2. The first-order chi connectivity index (χ1) is 6.91. The Balaban J connectivity index is 2.25. The lowest BCUT2D eigenvalue weighted by Crippen LogP contribution is -2.40. The van der Waals surface area contributed by atoms with Gasteiger partial charge in [0.25, 0.3) is 0 Å². The van der Waals surface area contributed by atoms with Gasteiger partial charge in [-0.05, 0) is 24.7 Å². The zero-order valence-electron chi connectivity index (χ0n) is 10.0. The molecule has 0 fully saturated rings. The first-order valence-electron chi connectivity index (χ1n) is 5.63. The highest BCUT2D eigenvalue weighted by Crippen LogP contribution is 2.19. The van der Waals surface area contributed by atoms with Gasteiger partial charge in [-0.2, -0.15) is 0 Å². The van der Waals surface area contributed by atoms with Crippen molar-refractivity contribution in [3.05, 3.63) is 0 Å². The molecule has 0 aromatic heterocycles. The molecule has 0 aromatic carbocycles. The van der Waals surface area contributed by atoms with Crippen molar-refractivity contribution in [3.8, 4) is 0 Å². The molecule has 0 saturated heterocycles. The van der Waals surface area contributed by atoms with E-state index < -0.39 is 10.1 Å². The normalized spacial score (nSPS) is 27.4. The number of rotatable bonds is 4. The van der Waals surface area contributed by atoms with Gasteiger partial charge in [-0.25, -0.2) is 18.0 Å². The van der Waals surface area contributed by atoms with E-state index in [-0.39, 0.29) is 0 Å². The lowest BCUT2D eigenvalue weighted by atomic mass is 9.91. The standard InChI is InChI=1S/C10H23N3OS/c1-10(2,3)6-4-7-11-15(14)12-8-5-9-13-15/h4-9H2,1-3H3,(H2,11,12,13,14). The fraction of sp³-hybridized carbons (Fsp3) is 1.00. The lowest BCUT2D eigenvalue weighted by molar-refractivity contribution is 0.366. The van der Waals surface area contributed by atoms with Crippen molar-refractivity contribution < 1.29 is 4.21 Å². The molecule has 0 amide bonds. The Morgan fingerprint density at radius 2 is 2.20 bits per heavy atom. The van der Waals surface area contributed by atoms with Crippen LogP contribution in [-0.2, 0) is 10.1 Å². The monoisotopic (exact) mass is 233 g/mol. The van der Waals surface area contributed by atoms with Crippen molar-refractivity contribution in [3.63, 3.8) is 0 Å². The number of hydrogen-bond donors (Lipinski definition) is 2. The average molecular weight is 233 g/mol. The second-order valence-corrected chi connectivity index (χ2v) is 7.07. The molecule has 0 aliphatic carbocycles. The molecule has 5 heteroatoms. The van der Waals surface area contributed by atoms with Crippen molar-refractivity contribution in [1.29, 1.82) is 0 Å². The molecule has 1 heterocycles. The Kier molecular flexibility index (Phi) is 4.55. The van der Waals surface area contributed by atoms with Crippen molar-refractivity contribution in [2.24, 2.45) is 9.78 Å². The average Bonchev–Trinajstić information content (AvgIpc) is 2.12. The van der Waals surface area contributed by atoms with Gasteiger partial charge in [-0.3, -0.25) is 0 Å². The zero-order chi connectivity index (χ0) is 11.4.